The van der Waals surface area contributed by atoms with Crippen LogP contribution in [0.3, 0.4) is 0 Å². The summed E-state index contributed by atoms with van der Waals surface area (Å²) in [6, 6.07) is 12.5. The second-order valence-electron chi connectivity index (χ2n) is 3.71. The van der Waals surface area contributed by atoms with Crippen molar-refractivity contribution in [2.45, 2.75) is 26.5 Å². The van der Waals surface area contributed by atoms with Crippen molar-refractivity contribution in [3.05, 3.63) is 35.9 Å². The van der Waals surface area contributed by atoms with Gasteiger partial charge in [0, 0.05) is 19.6 Å². The molecule has 0 N–H and O–H groups in total. The molecule has 1 saturated heterocycles. The summed E-state index contributed by atoms with van der Waals surface area (Å²) in [7, 11) is 0. The number of nitrogens with zero attached hydrogens (tertiary/aromatic N) is 2. The number of rotatable bonds is 2. The Kier molecular flexibility index (Phi) is 6.31. The first-order valence-electron chi connectivity index (χ1n) is 6.16. The van der Waals surface area contributed by atoms with E-state index < -0.39 is 0 Å². The average Bonchev–Trinajstić information content (AvgIpc) is 2.42. The van der Waals surface area contributed by atoms with E-state index in [1.807, 2.05) is 32.0 Å². The van der Waals surface area contributed by atoms with Crippen molar-refractivity contribution in [3.8, 4) is 6.07 Å². The largest absolute Gasteiger partial charge is 0.361 e. The van der Waals surface area contributed by atoms with Gasteiger partial charge in [-0.3, -0.25) is 4.90 Å². The Bertz CT molecular complexity index is 345. The van der Waals surface area contributed by atoms with Crippen LogP contribution in [0, 0.1) is 11.3 Å². The van der Waals surface area contributed by atoms with Gasteiger partial charge in [-0.05, 0) is 5.56 Å². The third-order valence-corrected chi connectivity index (χ3v) is 2.54. The van der Waals surface area contributed by atoms with Gasteiger partial charge in [0.1, 0.15) is 0 Å². The van der Waals surface area contributed by atoms with Crippen LogP contribution in [-0.2, 0) is 11.3 Å². The Morgan fingerprint density at radius 2 is 2.06 bits per heavy atom. The normalized spacial score (nSPS) is 19.9. The maximum absolute atomic E-state index is 8.77. The second-order valence-corrected chi connectivity index (χ2v) is 3.71. The first kappa shape index (κ1) is 13.7. The van der Waals surface area contributed by atoms with Gasteiger partial charge in [-0.2, -0.15) is 5.26 Å². The molecule has 3 heteroatoms. The molecule has 1 aromatic rings. The van der Waals surface area contributed by atoms with E-state index in [1.54, 1.807) is 0 Å². The van der Waals surface area contributed by atoms with Gasteiger partial charge in [0.2, 0.25) is 0 Å². The molecule has 1 aromatic carbocycles. The number of morpholine rings is 1. The Labute approximate surface area is 104 Å². The topological polar surface area (TPSA) is 36.3 Å². The van der Waals surface area contributed by atoms with Crippen LogP contribution >= 0.6 is 0 Å². The third kappa shape index (κ3) is 4.56. The lowest BCUT2D eigenvalue weighted by molar-refractivity contribution is -0.00269. The predicted octanol–water partition coefficient (Wildman–Crippen LogP) is 2.44. The summed E-state index contributed by atoms with van der Waals surface area (Å²) >= 11 is 0. The Morgan fingerprint density at radius 1 is 1.35 bits per heavy atom. The van der Waals surface area contributed by atoms with Crippen molar-refractivity contribution in [2.75, 3.05) is 19.7 Å². The SMILES string of the molecule is CC.N#CC1CN(Cc2ccccc2)CCO1. The van der Waals surface area contributed by atoms with Crippen molar-refractivity contribution in [1.82, 2.24) is 4.90 Å². The van der Waals surface area contributed by atoms with E-state index in [9.17, 15) is 0 Å². The lowest BCUT2D eigenvalue weighted by Crippen LogP contribution is -2.41. The Morgan fingerprint density at radius 3 is 2.71 bits per heavy atom. The number of ether oxygens (including phenoxy) is 1. The van der Waals surface area contributed by atoms with Gasteiger partial charge in [-0.15, -0.1) is 0 Å². The molecule has 1 fully saturated rings. The monoisotopic (exact) mass is 232 g/mol. The van der Waals surface area contributed by atoms with Gasteiger partial charge in [-0.25, -0.2) is 0 Å². The lowest BCUT2D eigenvalue weighted by atomic mass is 10.2. The molecule has 1 aliphatic heterocycles. The summed E-state index contributed by atoms with van der Waals surface area (Å²) in [5, 5.41) is 8.77. The van der Waals surface area contributed by atoms with Crippen LogP contribution in [0.2, 0.25) is 0 Å². The summed E-state index contributed by atoms with van der Waals surface area (Å²) in [6.45, 7) is 7.19. The molecular weight excluding hydrogens is 212 g/mol. The van der Waals surface area contributed by atoms with Crippen LogP contribution in [0.1, 0.15) is 19.4 Å². The van der Waals surface area contributed by atoms with Gasteiger partial charge in [-0.1, -0.05) is 44.2 Å². The zero-order valence-corrected chi connectivity index (χ0v) is 10.6. The van der Waals surface area contributed by atoms with Crippen LogP contribution in [0.5, 0.6) is 0 Å². The molecule has 1 unspecified atom stereocenters. The van der Waals surface area contributed by atoms with Crippen molar-refractivity contribution in [2.24, 2.45) is 0 Å². The second kappa shape index (κ2) is 7.83. The van der Waals surface area contributed by atoms with Gasteiger partial charge < -0.3 is 4.74 Å². The maximum atomic E-state index is 8.77. The molecular formula is C14H20N2O. The molecule has 0 amide bonds. The van der Waals surface area contributed by atoms with Crippen LogP contribution in [0.25, 0.3) is 0 Å². The van der Waals surface area contributed by atoms with Crippen LogP contribution in [-0.4, -0.2) is 30.7 Å². The van der Waals surface area contributed by atoms with Crippen molar-refractivity contribution in [1.29, 1.82) is 5.26 Å². The fourth-order valence-electron chi connectivity index (χ4n) is 1.77. The highest BCUT2D eigenvalue weighted by Crippen LogP contribution is 2.09. The summed E-state index contributed by atoms with van der Waals surface area (Å²) in [6.07, 6.45) is -0.262. The number of hydrogen-bond acceptors (Lipinski definition) is 3. The van der Waals surface area contributed by atoms with Crippen molar-refractivity contribution >= 4 is 0 Å². The number of benzene rings is 1. The molecule has 0 bridgehead atoms. The van der Waals surface area contributed by atoms with Crippen LogP contribution < -0.4 is 0 Å². The lowest BCUT2D eigenvalue weighted by Gasteiger charge is -2.29. The van der Waals surface area contributed by atoms with E-state index in [1.165, 1.54) is 5.56 Å². The van der Waals surface area contributed by atoms with E-state index in [-0.39, 0.29) is 6.10 Å². The maximum Gasteiger partial charge on any atom is 0.156 e. The highest BCUT2D eigenvalue weighted by molar-refractivity contribution is 5.14. The molecule has 1 heterocycles. The zero-order valence-electron chi connectivity index (χ0n) is 10.6. The molecule has 0 radical (unpaired) electrons. The summed E-state index contributed by atoms with van der Waals surface area (Å²) in [5.41, 5.74) is 1.29. The van der Waals surface area contributed by atoms with Gasteiger partial charge in [0.25, 0.3) is 0 Å². The molecule has 0 aromatic heterocycles. The first-order valence-corrected chi connectivity index (χ1v) is 6.16. The highest BCUT2D eigenvalue weighted by atomic mass is 16.5. The summed E-state index contributed by atoms with van der Waals surface area (Å²) < 4.78 is 5.29. The number of nitriles is 1. The van der Waals surface area contributed by atoms with Crippen molar-refractivity contribution in [3.63, 3.8) is 0 Å². The van der Waals surface area contributed by atoms with Gasteiger partial charge in [0.15, 0.2) is 6.10 Å². The van der Waals surface area contributed by atoms with E-state index >= 15 is 0 Å². The van der Waals surface area contributed by atoms with Crippen LogP contribution in [0.15, 0.2) is 30.3 Å². The Hall–Kier alpha value is -1.37. The minimum atomic E-state index is -0.262. The standard InChI is InChI=1S/C12H14N2O.C2H6/c13-8-12-10-14(6-7-15-12)9-11-4-2-1-3-5-11;1-2/h1-5,12H,6-7,9-10H2;1-2H3. The Balaban J connectivity index is 0.000000686. The zero-order chi connectivity index (χ0) is 12.5. The third-order valence-electron chi connectivity index (χ3n) is 2.54. The molecule has 1 atom stereocenters. The molecule has 17 heavy (non-hydrogen) atoms. The van der Waals surface area contributed by atoms with Gasteiger partial charge >= 0.3 is 0 Å². The first-order chi connectivity index (χ1) is 8.38. The van der Waals surface area contributed by atoms with E-state index in [2.05, 4.69) is 23.1 Å². The molecule has 2 rings (SSSR count). The molecule has 3 nitrogen and oxygen atoms in total. The molecule has 92 valence electrons. The minimum Gasteiger partial charge on any atom is -0.361 e. The molecule has 1 aliphatic rings. The smallest absolute Gasteiger partial charge is 0.156 e. The fourth-order valence-corrected chi connectivity index (χ4v) is 1.77. The van der Waals surface area contributed by atoms with Crippen molar-refractivity contribution < 1.29 is 4.74 Å². The fraction of sp³-hybridized carbons (Fsp3) is 0.500. The van der Waals surface area contributed by atoms with Crippen LogP contribution in [0.4, 0.5) is 0 Å². The van der Waals surface area contributed by atoms with Gasteiger partial charge in [0.05, 0.1) is 12.7 Å². The molecule has 0 spiro atoms. The number of hydrogen-bond donors (Lipinski definition) is 0. The quantitative estimate of drug-likeness (QED) is 0.785. The average molecular weight is 232 g/mol. The summed E-state index contributed by atoms with van der Waals surface area (Å²) in [4.78, 5) is 2.26. The predicted molar refractivity (Wildman–Crippen MR) is 68.4 cm³/mol. The van der Waals surface area contributed by atoms with E-state index in [0.29, 0.717) is 13.2 Å². The molecule has 0 saturated carbocycles. The van der Waals surface area contributed by atoms with E-state index in [4.69, 9.17) is 10.00 Å². The highest BCUT2D eigenvalue weighted by Gasteiger charge is 2.19. The van der Waals surface area contributed by atoms with E-state index in [0.717, 1.165) is 13.1 Å². The minimum absolute atomic E-state index is 0.262. The molecule has 0 aliphatic carbocycles. The summed E-state index contributed by atoms with van der Waals surface area (Å²) in [5.74, 6) is 0.